The summed E-state index contributed by atoms with van der Waals surface area (Å²) in [4.78, 5) is 11.5. The summed E-state index contributed by atoms with van der Waals surface area (Å²) in [5, 5.41) is 0. The molecule has 0 N–H and O–H groups in total. The Kier molecular flexibility index (Phi) is 3.71. The molecule has 0 bridgehead atoms. The normalized spacial score (nSPS) is 40.5. The van der Waals surface area contributed by atoms with Crippen LogP contribution in [0, 0.1) is 0 Å². The van der Waals surface area contributed by atoms with E-state index in [1.165, 1.54) is 13.2 Å². The van der Waals surface area contributed by atoms with Crippen LogP contribution in [-0.2, 0) is 33.2 Å². The quantitative estimate of drug-likeness (QED) is 0.558. The van der Waals surface area contributed by atoms with E-state index in [-0.39, 0.29) is 12.2 Å². The molecule has 3 saturated heterocycles. The summed E-state index contributed by atoms with van der Waals surface area (Å²) in [6.45, 7) is 7.75. The van der Waals surface area contributed by atoms with Gasteiger partial charge in [0.05, 0.1) is 19.8 Å². The van der Waals surface area contributed by atoms with Gasteiger partial charge in [-0.15, -0.1) is 0 Å². The zero-order chi connectivity index (χ0) is 16.1. The number of methoxy groups -OCH3 is 1. The fourth-order valence-corrected chi connectivity index (χ4v) is 3.00. The number of esters is 1. The molecule has 0 spiro atoms. The number of fused-ring (bicyclic) bond motifs is 1. The monoisotopic (exact) mass is 314 g/mol. The summed E-state index contributed by atoms with van der Waals surface area (Å²) in [7, 11) is 1.32. The van der Waals surface area contributed by atoms with Crippen molar-refractivity contribution in [1.29, 1.82) is 0 Å². The summed E-state index contributed by atoms with van der Waals surface area (Å²) in [6, 6.07) is 0. The standard InChI is InChI=1S/C15H22O7/c1-14(2)18-7-9(20-14)11-13-12(21-15(3,4)22-13)8(19-11)6-10(16)17-5/h6,9,11-13H,7H2,1-5H3/b8-6+/t9-,11-,12-,13+/m1/s1. The van der Waals surface area contributed by atoms with Crippen molar-refractivity contribution in [3.63, 3.8) is 0 Å². The number of hydrogen-bond donors (Lipinski definition) is 0. The topological polar surface area (TPSA) is 72.5 Å². The molecule has 4 atom stereocenters. The average molecular weight is 314 g/mol. The second kappa shape index (κ2) is 5.19. The highest BCUT2D eigenvalue weighted by molar-refractivity contribution is 5.82. The van der Waals surface area contributed by atoms with Gasteiger partial charge in [-0.3, -0.25) is 0 Å². The SMILES string of the molecule is COC(=O)/C=C1/O[C@H]([C@H]2COC(C)(C)O2)[C@@H]2OC(C)(C)O[C@H]12. The molecule has 0 aromatic carbocycles. The van der Waals surface area contributed by atoms with Crippen LogP contribution >= 0.6 is 0 Å². The Bertz CT molecular complexity index is 496. The molecule has 7 heteroatoms. The van der Waals surface area contributed by atoms with Crippen LogP contribution in [-0.4, -0.2) is 55.7 Å². The molecular weight excluding hydrogens is 292 g/mol. The Morgan fingerprint density at radius 2 is 1.86 bits per heavy atom. The van der Waals surface area contributed by atoms with Gasteiger partial charge in [0.1, 0.15) is 24.1 Å². The smallest absolute Gasteiger partial charge is 0.333 e. The molecule has 7 nitrogen and oxygen atoms in total. The second-order valence-electron chi connectivity index (χ2n) is 6.54. The Morgan fingerprint density at radius 1 is 1.14 bits per heavy atom. The molecule has 0 aliphatic carbocycles. The molecule has 0 unspecified atom stereocenters. The van der Waals surface area contributed by atoms with E-state index in [4.69, 9.17) is 23.7 Å². The lowest BCUT2D eigenvalue weighted by atomic mass is 10.1. The molecule has 0 radical (unpaired) electrons. The van der Waals surface area contributed by atoms with Gasteiger partial charge in [0.2, 0.25) is 0 Å². The lowest BCUT2D eigenvalue weighted by molar-refractivity contribution is -0.187. The third-order valence-corrected chi connectivity index (χ3v) is 3.86. The summed E-state index contributed by atoms with van der Waals surface area (Å²) >= 11 is 0. The van der Waals surface area contributed by atoms with Crippen LogP contribution in [0.3, 0.4) is 0 Å². The molecule has 3 fully saturated rings. The van der Waals surface area contributed by atoms with Crippen LogP contribution in [0.15, 0.2) is 11.8 Å². The van der Waals surface area contributed by atoms with Gasteiger partial charge in [0.15, 0.2) is 17.7 Å². The first-order valence-corrected chi connectivity index (χ1v) is 7.34. The first-order chi connectivity index (χ1) is 10.2. The maximum absolute atomic E-state index is 11.5. The zero-order valence-corrected chi connectivity index (χ0v) is 13.5. The van der Waals surface area contributed by atoms with Crippen LogP contribution in [0.25, 0.3) is 0 Å². The molecule has 124 valence electrons. The Morgan fingerprint density at radius 3 is 2.45 bits per heavy atom. The number of hydrogen-bond acceptors (Lipinski definition) is 7. The summed E-state index contributed by atoms with van der Waals surface area (Å²) in [5.74, 6) is -1.50. The highest BCUT2D eigenvalue weighted by Crippen LogP contribution is 2.43. The molecule has 0 amide bonds. The molecule has 0 saturated carbocycles. The Labute approximate surface area is 129 Å². The van der Waals surface area contributed by atoms with Gasteiger partial charge in [-0.25, -0.2) is 4.79 Å². The van der Waals surface area contributed by atoms with E-state index in [2.05, 4.69) is 4.74 Å². The van der Waals surface area contributed by atoms with E-state index in [1.807, 2.05) is 27.7 Å². The number of carbonyl (C=O) groups excluding carboxylic acids is 1. The van der Waals surface area contributed by atoms with Crippen LogP contribution in [0.2, 0.25) is 0 Å². The maximum atomic E-state index is 11.5. The van der Waals surface area contributed by atoms with Crippen molar-refractivity contribution in [1.82, 2.24) is 0 Å². The average Bonchev–Trinajstić information content (AvgIpc) is 3.01. The van der Waals surface area contributed by atoms with Crippen molar-refractivity contribution in [2.75, 3.05) is 13.7 Å². The second-order valence-corrected chi connectivity index (χ2v) is 6.54. The van der Waals surface area contributed by atoms with E-state index < -0.39 is 29.8 Å². The molecule has 3 aliphatic heterocycles. The third-order valence-electron chi connectivity index (χ3n) is 3.86. The van der Waals surface area contributed by atoms with Crippen molar-refractivity contribution in [2.24, 2.45) is 0 Å². The van der Waals surface area contributed by atoms with E-state index >= 15 is 0 Å². The van der Waals surface area contributed by atoms with Gasteiger partial charge in [-0.2, -0.15) is 0 Å². The minimum atomic E-state index is -0.748. The van der Waals surface area contributed by atoms with Crippen LogP contribution in [0.5, 0.6) is 0 Å². The molecule has 0 aromatic heterocycles. The predicted molar refractivity (Wildman–Crippen MR) is 73.7 cm³/mol. The third kappa shape index (κ3) is 2.86. The summed E-state index contributed by atoms with van der Waals surface area (Å²) < 4.78 is 33.8. The maximum Gasteiger partial charge on any atom is 0.333 e. The van der Waals surface area contributed by atoms with Crippen LogP contribution in [0.1, 0.15) is 27.7 Å². The number of carbonyl (C=O) groups is 1. The molecule has 0 aromatic rings. The number of ether oxygens (including phenoxy) is 6. The van der Waals surface area contributed by atoms with Crippen molar-refractivity contribution in [2.45, 2.75) is 63.7 Å². The molecule has 22 heavy (non-hydrogen) atoms. The van der Waals surface area contributed by atoms with Crippen molar-refractivity contribution in [3.8, 4) is 0 Å². The largest absolute Gasteiger partial charge is 0.486 e. The minimum absolute atomic E-state index is 0.288. The highest BCUT2D eigenvalue weighted by Gasteiger charge is 2.57. The lowest BCUT2D eigenvalue weighted by Gasteiger charge is -2.26. The van der Waals surface area contributed by atoms with E-state index in [9.17, 15) is 4.79 Å². The minimum Gasteiger partial charge on any atom is -0.486 e. The first-order valence-electron chi connectivity index (χ1n) is 7.34. The van der Waals surface area contributed by atoms with Crippen molar-refractivity contribution >= 4 is 5.97 Å². The van der Waals surface area contributed by atoms with Gasteiger partial charge >= 0.3 is 5.97 Å². The molecule has 3 aliphatic rings. The van der Waals surface area contributed by atoms with Gasteiger partial charge in [-0.05, 0) is 27.7 Å². The van der Waals surface area contributed by atoms with Gasteiger partial charge in [-0.1, -0.05) is 0 Å². The number of rotatable bonds is 2. The van der Waals surface area contributed by atoms with E-state index in [1.54, 1.807) is 0 Å². The fraction of sp³-hybridized carbons (Fsp3) is 0.800. The van der Waals surface area contributed by atoms with Crippen molar-refractivity contribution < 1.29 is 33.2 Å². The lowest BCUT2D eigenvalue weighted by Crippen LogP contribution is -2.40. The first kappa shape index (κ1) is 15.7. The van der Waals surface area contributed by atoms with E-state index in [0.29, 0.717) is 12.4 Å². The molecule has 3 heterocycles. The highest BCUT2D eigenvalue weighted by atomic mass is 16.8. The summed E-state index contributed by atoms with van der Waals surface area (Å²) in [5.41, 5.74) is 0. The van der Waals surface area contributed by atoms with Gasteiger partial charge in [0.25, 0.3) is 0 Å². The fourth-order valence-electron chi connectivity index (χ4n) is 3.00. The van der Waals surface area contributed by atoms with Crippen molar-refractivity contribution in [3.05, 3.63) is 11.8 Å². The predicted octanol–water partition coefficient (Wildman–Crippen LogP) is 1.11. The van der Waals surface area contributed by atoms with Gasteiger partial charge in [0, 0.05) is 0 Å². The Hall–Kier alpha value is -1.15. The van der Waals surface area contributed by atoms with Crippen LogP contribution in [0.4, 0.5) is 0 Å². The van der Waals surface area contributed by atoms with Gasteiger partial charge < -0.3 is 28.4 Å². The zero-order valence-electron chi connectivity index (χ0n) is 13.5. The molecular formula is C15H22O7. The summed E-state index contributed by atoms with van der Waals surface area (Å²) in [6.07, 6.45) is -0.198. The Balaban J connectivity index is 1.83. The van der Waals surface area contributed by atoms with E-state index in [0.717, 1.165) is 0 Å². The van der Waals surface area contributed by atoms with Crippen LogP contribution < -0.4 is 0 Å². The molecule has 3 rings (SSSR count).